The summed E-state index contributed by atoms with van der Waals surface area (Å²) in [7, 11) is 0. The number of aryl methyl sites for hydroxylation is 3. The van der Waals surface area contributed by atoms with Gasteiger partial charge in [-0.25, -0.2) is 14.6 Å². The van der Waals surface area contributed by atoms with Gasteiger partial charge < -0.3 is 10.6 Å². The Kier molecular flexibility index (Phi) is 5.86. The number of nitrogens with zero attached hydrogens (tertiary/aromatic N) is 4. The van der Waals surface area contributed by atoms with Crippen molar-refractivity contribution in [3.05, 3.63) is 76.2 Å². The van der Waals surface area contributed by atoms with Crippen LogP contribution in [0.5, 0.6) is 0 Å². The molecule has 158 valence electrons. The van der Waals surface area contributed by atoms with Gasteiger partial charge in [0.2, 0.25) is 0 Å². The number of carbonyl (C=O) groups is 1. The number of fused-ring (bicyclic) bond motifs is 1. The first-order valence-electron chi connectivity index (χ1n) is 10.0. The molecule has 0 aliphatic rings. The number of nitrogens with one attached hydrogen (secondary N) is 2. The van der Waals surface area contributed by atoms with Crippen molar-refractivity contribution in [3.63, 3.8) is 0 Å². The van der Waals surface area contributed by atoms with Gasteiger partial charge in [-0.3, -0.25) is 4.79 Å². The van der Waals surface area contributed by atoms with E-state index in [4.69, 9.17) is 16.7 Å². The lowest BCUT2D eigenvalue weighted by Crippen LogP contribution is -2.28. The Bertz CT molecular complexity index is 1250. The molecule has 0 saturated carbocycles. The van der Waals surface area contributed by atoms with Gasteiger partial charge in [-0.15, -0.1) is 0 Å². The van der Waals surface area contributed by atoms with E-state index in [1.807, 2.05) is 43.7 Å². The molecule has 0 atom stereocenters. The van der Waals surface area contributed by atoms with Crippen molar-refractivity contribution in [3.8, 4) is 5.69 Å². The zero-order chi connectivity index (χ0) is 22.0. The fourth-order valence-corrected chi connectivity index (χ4v) is 3.55. The van der Waals surface area contributed by atoms with Crippen LogP contribution in [-0.4, -0.2) is 38.7 Å². The van der Waals surface area contributed by atoms with Crippen LogP contribution in [0.3, 0.4) is 0 Å². The molecule has 4 aromatic rings. The van der Waals surface area contributed by atoms with Crippen LogP contribution >= 0.6 is 11.6 Å². The van der Waals surface area contributed by atoms with Gasteiger partial charge in [-0.1, -0.05) is 23.7 Å². The molecule has 1 amide bonds. The quantitative estimate of drug-likeness (QED) is 0.443. The number of anilines is 1. The Labute approximate surface area is 185 Å². The van der Waals surface area contributed by atoms with E-state index in [1.165, 1.54) is 0 Å². The standard InChI is InChI=1S/C23H23ClN6O/c1-14-5-4-6-19(13-14)30-22-20(15(2)29-30)21(27-16(3)28-22)25-11-12-26-23(31)17-7-9-18(24)10-8-17/h4-10,13H,11-12H2,1-3H3,(H,26,31)(H,25,27,28). The summed E-state index contributed by atoms with van der Waals surface area (Å²) >= 11 is 5.87. The van der Waals surface area contributed by atoms with Crippen molar-refractivity contribution in [2.45, 2.75) is 20.8 Å². The van der Waals surface area contributed by atoms with Crippen molar-refractivity contribution in [2.75, 3.05) is 18.4 Å². The van der Waals surface area contributed by atoms with Gasteiger partial charge in [0.1, 0.15) is 11.6 Å². The molecule has 2 aromatic carbocycles. The van der Waals surface area contributed by atoms with Gasteiger partial charge >= 0.3 is 0 Å². The fraction of sp³-hybridized carbons (Fsp3) is 0.217. The second-order valence-electron chi connectivity index (χ2n) is 7.34. The molecule has 0 spiro atoms. The van der Waals surface area contributed by atoms with Gasteiger partial charge in [-0.05, 0) is 62.7 Å². The first-order valence-corrected chi connectivity index (χ1v) is 10.4. The maximum atomic E-state index is 12.3. The van der Waals surface area contributed by atoms with Crippen LogP contribution in [-0.2, 0) is 0 Å². The molecule has 8 heteroatoms. The number of aromatic nitrogens is 4. The molecule has 0 aliphatic heterocycles. The van der Waals surface area contributed by atoms with E-state index in [2.05, 4.69) is 26.7 Å². The largest absolute Gasteiger partial charge is 0.368 e. The minimum Gasteiger partial charge on any atom is -0.368 e. The molecule has 4 rings (SSSR count). The molecular formula is C23H23ClN6O. The van der Waals surface area contributed by atoms with E-state index in [0.29, 0.717) is 35.3 Å². The van der Waals surface area contributed by atoms with Gasteiger partial charge in [0, 0.05) is 23.7 Å². The minimum absolute atomic E-state index is 0.147. The summed E-state index contributed by atoms with van der Waals surface area (Å²) in [5.41, 5.74) is 4.27. The van der Waals surface area contributed by atoms with Crippen molar-refractivity contribution in [1.82, 2.24) is 25.1 Å². The van der Waals surface area contributed by atoms with Crippen molar-refractivity contribution in [2.24, 2.45) is 0 Å². The number of halogens is 1. The first-order chi connectivity index (χ1) is 14.9. The SMILES string of the molecule is Cc1cccc(-n2nc(C)c3c(NCCNC(=O)c4ccc(Cl)cc4)nc(C)nc32)c1. The number of hydrogen-bond acceptors (Lipinski definition) is 5. The van der Waals surface area contributed by atoms with Gasteiger partial charge in [0.25, 0.3) is 5.91 Å². The van der Waals surface area contributed by atoms with E-state index in [-0.39, 0.29) is 5.91 Å². The highest BCUT2D eigenvalue weighted by molar-refractivity contribution is 6.30. The molecule has 0 bridgehead atoms. The van der Waals surface area contributed by atoms with E-state index in [9.17, 15) is 4.79 Å². The normalized spacial score (nSPS) is 11.0. The summed E-state index contributed by atoms with van der Waals surface area (Å²) in [6.07, 6.45) is 0. The van der Waals surface area contributed by atoms with Crippen LogP contribution in [0.15, 0.2) is 48.5 Å². The molecule has 0 saturated heterocycles. The van der Waals surface area contributed by atoms with Gasteiger partial charge in [0.15, 0.2) is 5.65 Å². The third-order valence-corrected chi connectivity index (χ3v) is 5.12. The first kappa shape index (κ1) is 20.8. The number of amides is 1. The highest BCUT2D eigenvalue weighted by Crippen LogP contribution is 2.26. The molecule has 0 aliphatic carbocycles. The lowest BCUT2D eigenvalue weighted by molar-refractivity contribution is 0.0955. The van der Waals surface area contributed by atoms with Crippen LogP contribution in [0.25, 0.3) is 16.7 Å². The van der Waals surface area contributed by atoms with Crippen LogP contribution in [0.4, 0.5) is 5.82 Å². The van der Waals surface area contributed by atoms with E-state index in [1.54, 1.807) is 24.3 Å². The van der Waals surface area contributed by atoms with Crippen molar-refractivity contribution >= 4 is 34.4 Å². The number of hydrogen-bond donors (Lipinski definition) is 2. The zero-order valence-electron chi connectivity index (χ0n) is 17.6. The lowest BCUT2D eigenvalue weighted by atomic mass is 10.2. The monoisotopic (exact) mass is 434 g/mol. The number of carbonyl (C=O) groups excluding carboxylic acids is 1. The van der Waals surface area contributed by atoms with E-state index < -0.39 is 0 Å². The van der Waals surface area contributed by atoms with Gasteiger partial charge in [-0.2, -0.15) is 5.10 Å². The Balaban J connectivity index is 1.51. The fourth-order valence-electron chi connectivity index (χ4n) is 3.42. The number of benzene rings is 2. The summed E-state index contributed by atoms with van der Waals surface area (Å²) in [6.45, 7) is 6.81. The van der Waals surface area contributed by atoms with Crippen LogP contribution in [0.1, 0.15) is 27.4 Å². The van der Waals surface area contributed by atoms with Gasteiger partial charge in [0.05, 0.1) is 16.8 Å². The Morgan fingerprint density at radius 2 is 1.81 bits per heavy atom. The molecule has 0 unspecified atom stereocenters. The second-order valence-corrected chi connectivity index (χ2v) is 7.78. The Morgan fingerprint density at radius 1 is 1.03 bits per heavy atom. The Morgan fingerprint density at radius 3 is 2.55 bits per heavy atom. The average molecular weight is 435 g/mol. The maximum Gasteiger partial charge on any atom is 0.251 e. The summed E-state index contributed by atoms with van der Waals surface area (Å²) in [4.78, 5) is 21.5. The third kappa shape index (κ3) is 4.51. The number of rotatable bonds is 6. The topological polar surface area (TPSA) is 84.7 Å². The predicted molar refractivity (Wildman–Crippen MR) is 123 cm³/mol. The van der Waals surface area contributed by atoms with Crippen LogP contribution in [0.2, 0.25) is 5.02 Å². The average Bonchev–Trinajstić information content (AvgIpc) is 3.07. The molecule has 7 nitrogen and oxygen atoms in total. The highest BCUT2D eigenvalue weighted by atomic mass is 35.5. The summed E-state index contributed by atoms with van der Waals surface area (Å²) < 4.78 is 1.85. The highest BCUT2D eigenvalue weighted by Gasteiger charge is 2.16. The maximum absolute atomic E-state index is 12.3. The van der Waals surface area contributed by atoms with E-state index >= 15 is 0 Å². The van der Waals surface area contributed by atoms with Crippen molar-refractivity contribution in [1.29, 1.82) is 0 Å². The van der Waals surface area contributed by atoms with E-state index in [0.717, 1.165) is 28.0 Å². The molecular weight excluding hydrogens is 412 g/mol. The smallest absolute Gasteiger partial charge is 0.251 e. The minimum atomic E-state index is -0.147. The van der Waals surface area contributed by atoms with Crippen molar-refractivity contribution < 1.29 is 4.79 Å². The molecule has 2 heterocycles. The third-order valence-electron chi connectivity index (χ3n) is 4.87. The molecule has 0 radical (unpaired) electrons. The lowest BCUT2D eigenvalue weighted by Gasteiger charge is -2.10. The summed E-state index contributed by atoms with van der Waals surface area (Å²) in [5, 5.41) is 12.4. The molecule has 31 heavy (non-hydrogen) atoms. The second kappa shape index (κ2) is 8.73. The predicted octanol–water partition coefficient (Wildman–Crippen LogP) is 4.24. The zero-order valence-corrected chi connectivity index (χ0v) is 18.4. The summed E-state index contributed by atoms with van der Waals surface area (Å²) in [5.74, 6) is 1.21. The van der Waals surface area contributed by atoms with Crippen LogP contribution in [0, 0.1) is 20.8 Å². The molecule has 2 N–H and O–H groups in total. The van der Waals surface area contributed by atoms with Crippen LogP contribution < -0.4 is 10.6 Å². The molecule has 0 fully saturated rings. The molecule has 2 aromatic heterocycles. The Hall–Kier alpha value is -3.45. The summed E-state index contributed by atoms with van der Waals surface area (Å²) in [6, 6.07) is 14.9.